The van der Waals surface area contributed by atoms with Crippen LogP contribution in [0.1, 0.15) is 22.8 Å². The van der Waals surface area contributed by atoms with Gasteiger partial charge in [-0.05, 0) is 65.4 Å². The number of hydrogen-bond donors (Lipinski definition) is 1. The van der Waals surface area contributed by atoms with Gasteiger partial charge in [0.2, 0.25) is 0 Å². The second-order valence-corrected chi connectivity index (χ2v) is 5.32. The Kier molecular flexibility index (Phi) is 4.42. The maximum atomic E-state index is 11.3. The van der Waals surface area contributed by atoms with Gasteiger partial charge in [0.25, 0.3) is 0 Å². The highest BCUT2D eigenvalue weighted by atomic mass is 127. The van der Waals surface area contributed by atoms with Gasteiger partial charge in [-0.2, -0.15) is 0 Å². The van der Waals surface area contributed by atoms with Crippen molar-refractivity contribution in [3.8, 4) is 11.5 Å². The second kappa shape index (κ2) is 6.06. The van der Waals surface area contributed by atoms with Crippen LogP contribution in [0.3, 0.4) is 0 Å². The molecule has 0 aliphatic heterocycles. The predicted molar refractivity (Wildman–Crippen MR) is 81.6 cm³/mol. The molecular weight excluding hydrogens is 355 g/mol. The minimum Gasteiger partial charge on any atom is -0.508 e. The molecule has 0 aliphatic rings. The molecule has 0 heterocycles. The van der Waals surface area contributed by atoms with Crippen molar-refractivity contribution in [3.63, 3.8) is 0 Å². The monoisotopic (exact) mass is 368 g/mol. The summed E-state index contributed by atoms with van der Waals surface area (Å²) < 4.78 is 6.53. The summed E-state index contributed by atoms with van der Waals surface area (Å²) in [5.41, 5.74) is 1.68. The number of aromatic hydroxyl groups is 1. The number of phenolic OH excluding ortho intramolecular Hbond substituents is 1. The number of phenols is 1. The quantitative estimate of drug-likeness (QED) is 0.660. The first kappa shape index (κ1) is 13.9. The zero-order valence-electron chi connectivity index (χ0n) is 10.4. The van der Waals surface area contributed by atoms with Crippen LogP contribution in [-0.4, -0.2) is 10.9 Å². The molecule has 0 atom stereocenters. The topological polar surface area (TPSA) is 46.5 Å². The van der Waals surface area contributed by atoms with E-state index in [0.29, 0.717) is 12.2 Å². The van der Waals surface area contributed by atoms with Crippen molar-refractivity contribution in [2.24, 2.45) is 0 Å². The Morgan fingerprint density at radius 3 is 2.47 bits per heavy atom. The Balaban J connectivity index is 2.06. The average molecular weight is 368 g/mol. The first-order valence-electron chi connectivity index (χ1n) is 5.77. The van der Waals surface area contributed by atoms with E-state index < -0.39 is 0 Å². The molecule has 0 unspecified atom stereocenters. The van der Waals surface area contributed by atoms with Gasteiger partial charge in [0.05, 0.1) is 0 Å². The van der Waals surface area contributed by atoms with Crippen molar-refractivity contribution in [2.75, 3.05) is 0 Å². The lowest BCUT2D eigenvalue weighted by molar-refractivity contribution is 0.101. The number of carbonyl (C=O) groups is 1. The van der Waals surface area contributed by atoms with Gasteiger partial charge >= 0.3 is 0 Å². The van der Waals surface area contributed by atoms with Crippen molar-refractivity contribution in [1.82, 2.24) is 0 Å². The second-order valence-electron chi connectivity index (χ2n) is 4.15. The lowest BCUT2D eigenvalue weighted by atomic mass is 10.1. The molecule has 2 aromatic carbocycles. The molecule has 0 saturated heterocycles. The van der Waals surface area contributed by atoms with Gasteiger partial charge in [0.1, 0.15) is 18.1 Å². The van der Waals surface area contributed by atoms with E-state index in [9.17, 15) is 9.90 Å². The fraction of sp³-hybridized carbons (Fsp3) is 0.133. The number of carbonyl (C=O) groups excluding carboxylic acids is 1. The molecule has 3 nitrogen and oxygen atoms in total. The molecule has 98 valence electrons. The molecular formula is C15H13IO3. The van der Waals surface area contributed by atoms with Gasteiger partial charge in [-0.15, -0.1) is 0 Å². The Morgan fingerprint density at radius 1 is 1.21 bits per heavy atom. The molecule has 2 aromatic rings. The molecule has 0 fully saturated rings. The van der Waals surface area contributed by atoms with Crippen molar-refractivity contribution < 1.29 is 14.6 Å². The summed E-state index contributed by atoms with van der Waals surface area (Å²) in [6, 6.07) is 12.3. The van der Waals surface area contributed by atoms with E-state index in [1.165, 1.54) is 0 Å². The zero-order valence-corrected chi connectivity index (χ0v) is 12.5. The van der Waals surface area contributed by atoms with E-state index in [4.69, 9.17) is 4.74 Å². The van der Waals surface area contributed by atoms with Crippen molar-refractivity contribution in [3.05, 3.63) is 57.2 Å². The summed E-state index contributed by atoms with van der Waals surface area (Å²) in [5.74, 6) is 1.01. The van der Waals surface area contributed by atoms with Crippen LogP contribution >= 0.6 is 22.6 Å². The number of ketones is 1. The number of benzene rings is 2. The Hall–Kier alpha value is -1.56. The number of halogens is 1. The van der Waals surface area contributed by atoms with Gasteiger partial charge in [0, 0.05) is 9.13 Å². The summed E-state index contributed by atoms with van der Waals surface area (Å²) in [4.78, 5) is 11.3. The minimum absolute atomic E-state index is 0.0504. The molecule has 0 spiro atoms. The summed E-state index contributed by atoms with van der Waals surface area (Å²) in [6.45, 7) is 1.98. The lowest BCUT2D eigenvalue weighted by Crippen LogP contribution is -1.99. The third kappa shape index (κ3) is 3.70. The first-order valence-corrected chi connectivity index (χ1v) is 6.85. The predicted octanol–water partition coefficient (Wildman–Crippen LogP) is 3.78. The molecule has 0 aromatic heterocycles. The maximum Gasteiger partial charge on any atom is 0.160 e. The van der Waals surface area contributed by atoms with Crippen LogP contribution in [0.5, 0.6) is 11.5 Å². The fourth-order valence-corrected chi connectivity index (χ4v) is 2.50. The zero-order chi connectivity index (χ0) is 13.8. The Morgan fingerprint density at radius 2 is 1.89 bits per heavy atom. The van der Waals surface area contributed by atoms with Gasteiger partial charge in [-0.25, -0.2) is 0 Å². The fourth-order valence-electron chi connectivity index (χ4n) is 1.63. The molecule has 0 saturated carbocycles. The summed E-state index contributed by atoms with van der Waals surface area (Å²) in [6.07, 6.45) is 0. The molecule has 1 N–H and O–H groups in total. The highest BCUT2D eigenvalue weighted by Crippen LogP contribution is 2.21. The van der Waals surface area contributed by atoms with E-state index in [2.05, 4.69) is 22.6 Å². The van der Waals surface area contributed by atoms with Gasteiger partial charge < -0.3 is 9.84 Å². The number of Topliss-reactive ketones (excluding diaryl/α,β-unsaturated/α-hetero) is 1. The Labute approximate surface area is 125 Å². The number of rotatable bonds is 4. The molecule has 0 amide bonds. The van der Waals surface area contributed by atoms with Gasteiger partial charge in [0.15, 0.2) is 5.78 Å². The van der Waals surface area contributed by atoms with Gasteiger partial charge in [-0.1, -0.05) is 12.1 Å². The van der Waals surface area contributed by atoms with E-state index in [1.807, 2.05) is 18.2 Å². The highest BCUT2D eigenvalue weighted by Gasteiger charge is 2.06. The van der Waals surface area contributed by atoms with Crippen LogP contribution in [0.25, 0.3) is 0 Å². The van der Waals surface area contributed by atoms with Crippen LogP contribution in [-0.2, 0) is 6.61 Å². The summed E-state index contributed by atoms with van der Waals surface area (Å²) in [7, 11) is 0. The van der Waals surface area contributed by atoms with Crippen LogP contribution in [0.2, 0.25) is 0 Å². The van der Waals surface area contributed by atoms with Gasteiger partial charge in [-0.3, -0.25) is 4.79 Å². The molecule has 2 rings (SSSR count). The standard InChI is InChI=1S/C15H13IO3/c1-10(17)14-7-6-13(8-15(14)16)19-9-11-2-4-12(18)5-3-11/h2-8,18H,9H2,1H3. The van der Waals surface area contributed by atoms with Crippen LogP contribution in [0.15, 0.2) is 42.5 Å². The van der Waals surface area contributed by atoms with Crippen LogP contribution in [0, 0.1) is 3.57 Å². The van der Waals surface area contributed by atoms with E-state index in [0.717, 1.165) is 14.9 Å². The van der Waals surface area contributed by atoms with Crippen molar-refractivity contribution >= 4 is 28.4 Å². The maximum absolute atomic E-state index is 11.3. The molecule has 0 radical (unpaired) electrons. The van der Waals surface area contributed by atoms with E-state index >= 15 is 0 Å². The summed E-state index contributed by atoms with van der Waals surface area (Å²) in [5, 5.41) is 9.19. The van der Waals surface area contributed by atoms with Crippen LogP contribution < -0.4 is 4.74 Å². The van der Waals surface area contributed by atoms with Crippen molar-refractivity contribution in [2.45, 2.75) is 13.5 Å². The smallest absolute Gasteiger partial charge is 0.160 e. The first-order chi connectivity index (χ1) is 9.06. The largest absolute Gasteiger partial charge is 0.508 e. The van der Waals surface area contributed by atoms with Crippen molar-refractivity contribution in [1.29, 1.82) is 0 Å². The minimum atomic E-state index is 0.0504. The third-order valence-corrected chi connectivity index (χ3v) is 3.55. The summed E-state index contributed by atoms with van der Waals surface area (Å²) >= 11 is 2.13. The molecule has 0 aliphatic carbocycles. The lowest BCUT2D eigenvalue weighted by Gasteiger charge is -2.08. The highest BCUT2D eigenvalue weighted by molar-refractivity contribution is 14.1. The average Bonchev–Trinajstić information content (AvgIpc) is 2.37. The third-order valence-electron chi connectivity index (χ3n) is 2.66. The Bertz CT molecular complexity index is 591. The number of hydrogen-bond acceptors (Lipinski definition) is 3. The normalized spacial score (nSPS) is 10.2. The van der Waals surface area contributed by atoms with E-state index in [-0.39, 0.29) is 11.5 Å². The molecule has 4 heteroatoms. The SMILES string of the molecule is CC(=O)c1ccc(OCc2ccc(O)cc2)cc1I. The number of ether oxygens (including phenoxy) is 1. The van der Waals surface area contributed by atoms with Crippen LogP contribution in [0.4, 0.5) is 0 Å². The van der Waals surface area contributed by atoms with E-state index in [1.54, 1.807) is 31.2 Å². The molecule has 19 heavy (non-hydrogen) atoms. The molecule has 0 bridgehead atoms.